The number of methoxy groups -OCH3 is 1. The van der Waals surface area contributed by atoms with Crippen LogP contribution in [-0.4, -0.2) is 54.4 Å². The summed E-state index contributed by atoms with van der Waals surface area (Å²) in [7, 11) is 3.91. The third-order valence-corrected chi connectivity index (χ3v) is 7.51. The summed E-state index contributed by atoms with van der Waals surface area (Å²) in [5.74, 6) is -0.281. The first kappa shape index (κ1) is 20.8. The standard InChI is InChI=1S/C26H34N2O3/c1-16(2)28-15-17-13-24-22(21-6-5-7-23(28)25(17)21)12-18(14-27(24)3)26(29)31-20-10-8-19(30-4)9-11-20/h5-7,12,15-16,18-20,24H,8-11,13-14H2,1-4H3/t18-,19-,20-,24-/m1/s1. The molecule has 0 spiro atoms. The maximum atomic E-state index is 13.1. The predicted octanol–water partition coefficient (Wildman–Crippen LogP) is 4.59. The first-order chi connectivity index (χ1) is 15.0. The highest BCUT2D eigenvalue weighted by Crippen LogP contribution is 2.42. The van der Waals surface area contributed by atoms with Gasteiger partial charge in [0.1, 0.15) is 6.10 Å². The maximum absolute atomic E-state index is 13.1. The average Bonchev–Trinajstić information content (AvgIpc) is 3.15. The van der Waals surface area contributed by atoms with Crippen molar-refractivity contribution >= 4 is 22.4 Å². The third-order valence-electron chi connectivity index (χ3n) is 7.51. The van der Waals surface area contributed by atoms with Gasteiger partial charge in [0.15, 0.2) is 0 Å². The van der Waals surface area contributed by atoms with Crippen LogP contribution < -0.4 is 0 Å². The van der Waals surface area contributed by atoms with E-state index in [4.69, 9.17) is 9.47 Å². The van der Waals surface area contributed by atoms with Crippen molar-refractivity contribution in [1.29, 1.82) is 0 Å². The molecule has 0 N–H and O–H groups in total. The lowest BCUT2D eigenvalue weighted by Gasteiger charge is -2.39. The van der Waals surface area contributed by atoms with Crippen molar-refractivity contribution in [2.24, 2.45) is 5.92 Å². The number of carbonyl (C=O) groups is 1. The monoisotopic (exact) mass is 422 g/mol. The van der Waals surface area contributed by atoms with Crippen LogP contribution in [0.5, 0.6) is 0 Å². The van der Waals surface area contributed by atoms with Crippen LogP contribution in [0.25, 0.3) is 16.5 Å². The Balaban J connectivity index is 1.43. The van der Waals surface area contributed by atoms with E-state index in [-0.39, 0.29) is 18.0 Å². The molecule has 5 rings (SSSR count). The molecule has 1 saturated carbocycles. The molecule has 2 atom stereocenters. The van der Waals surface area contributed by atoms with Crippen LogP contribution in [0.1, 0.15) is 56.7 Å². The first-order valence-electron chi connectivity index (χ1n) is 11.7. The highest BCUT2D eigenvalue weighted by molar-refractivity contribution is 5.99. The van der Waals surface area contributed by atoms with E-state index in [1.54, 1.807) is 7.11 Å². The van der Waals surface area contributed by atoms with Crippen LogP contribution in [0.2, 0.25) is 0 Å². The van der Waals surface area contributed by atoms with Crippen LogP contribution in [0.3, 0.4) is 0 Å². The average molecular weight is 423 g/mol. The normalized spacial score (nSPS) is 28.5. The lowest BCUT2D eigenvalue weighted by atomic mass is 9.80. The van der Waals surface area contributed by atoms with Crippen molar-refractivity contribution in [2.45, 2.75) is 70.2 Å². The summed E-state index contributed by atoms with van der Waals surface area (Å²) in [6.45, 7) is 5.19. The smallest absolute Gasteiger partial charge is 0.314 e. The summed E-state index contributed by atoms with van der Waals surface area (Å²) in [5.41, 5.74) is 5.29. The molecule has 1 aliphatic heterocycles. The molecule has 2 heterocycles. The molecule has 2 aromatic rings. The molecule has 1 aromatic carbocycles. The van der Waals surface area contributed by atoms with E-state index in [1.807, 2.05) is 0 Å². The Morgan fingerprint density at radius 1 is 1.13 bits per heavy atom. The summed E-state index contributed by atoms with van der Waals surface area (Å²) in [5, 5.41) is 1.36. The second-order valence-corrected chi connectivity index (χ2v) is 9.81. The molecule has 1 fully saturated rings. The number of aromatic nitrogens is 1. The zero-order valence-electron chi connectivity index (χ0n) is 19.1. The Kier molecular flexibility index (Phi) is 5.43. The van der Waals surface area contributed by atoms with Crippen LogP contribution in [0.15, 0.2) is 30.5 Å². The molecule has 5 nitrogen and oxygen atoms in total. The summed E-state index contributed by atoms with van der Waals surface area (Å²) in [4.78, 5) is 15.4. The van der Waals surface area contributed by atoms with Crippen LogP contribution in [0, 0.1) is 5.92 Å². The van der Waals surface area contributed by atoms with Gasteiger partial charge in [-0.15, -0.1) is 0 Å². The summed E-state index contributed by atoms with van der Waals surface area (Å²) in [6, 6.07) is 7.34. The molecule has 0 saturated heterocycles. The Bertz CT molecular complexity index is 1010. The minimum absolute atomic E-state index is 0.0294. The van der Waals surface area contributed by atoms with E-state index in [1.165, 1.54) is 27.6 Å². The Morgan fingerprint density at radius 2 is 1.87 bits per heavy atom. The van der Waals surface area contributed by atoms with Gasteiger partial charge in [-0.1, -0.05) is 18.2 Å². The minimum atomic E-state index is -0.208. The maximum Gasteiger partial charge on any atom is 0.314 e. The van der Waals surface area contributed by atoms with Gasteiger partial charge in [0.2, 0.25) is 0 Å². The largest absolute Gasteiger partial charge is 0.462 e. The molecule has 3 aliphatic rings. The summed E-state index contributed by atoms with van der Waals surface area (Å²) in [6.07, 6.45) is 9.63. The van der Waals surface area contributed by atoms with Crippen LogP contribution >= 0.6 is 0 Å². The quantitative estimate of drug-likeness (QED) is 0.676. The van der Waals surface area contributed by atoms with E-state index in [0.29, 0.717) is 18.2 Å². The molecule has 0 amide bonds. The predicted molar refractivity (Wildman–Crippen MR) is 123 cm³/mol. The van der Waals surface area contributed by atoms with Gasteiger partial charge in [0.05, 0.1) is 12.0 Å². The first-order valence-corrected chi connectivity index (χ1v) is 11.7. The fourth-order valence-corrected chi connectivity index (χ4v) is 5.80. The van der Waals surface area contributed by atoms with E-state index in [9.17, 15) is 4.79 Å². The number of hydrogen-bond donors (Lipinski definition) is 0. The minimum Gasteiger partial charge on any atom is -0.462 e. The van der Waals surface area contributed by atoms with Crippen LogP contribution in [0.4, 0.5) is 0 Å². The fraction of sp³-hybridized carbons (Fsp3) is 0.577. The number of nitrogens with zero attached hydrogens (tertiary/aromatic N) is 2. The molecular weight excluding hydrogens is 388 g/mol. The van der Waals surface area contributed by atoms with Crippen molar-refractivity contribution < 1.29 is 14.3 Å². The van der Waals surface area contributed by atoms with Crippen molar-refractivity contribution in [1.82, 2.24) is 9.47 Å². The molecule has 5 heteroatoms. The number of carbonyl (C=O) groups excluding carboxylic acids is 1. The van der Waals surface area contributed by atoms with Crippen molar-refractivity contribution in [3.63, 3.8) is 0 Å². The third kappa shape index (κ3) is 3.62. The van der Waals surface area contributed by atoms with Gasteiger partial charge in [-0.2, -0.15) is 0 Å². The molecule has 31 heavy (non-hydrogen) atoms. The molecule has 0 bridgehead atoms. The van der Waals surface area contributed by atoms with Crippen LogP contribution in [-0.2, 0) is 20.7 Å². The number of ether oxygens (including phenoxy) is 2. The lowest BCUT2D eigenvalue weighted by Crippen LogP contribution is -2.45. The molecule has 0 unspecified atom stereocenters. The van der Waals surface area contributed by atoms with Gasteiger partial charge in [0, 0.05) is 42.8 Å². The fourth-order valence-electron chi connectivity index (χ4n) is 5.80. The molecule has 2 aliphatic carbocycles. The zero-order chi connectivity index (χ0) is 21.7. The van der Waals surface area contributed by atoms with Crippen molar-refractivity contribution in [3.05, 3.63) is 41.6 Å². The summed E-state index contributed by atoms with van der Waals surface area (Å²) < 4.78 is 13.8. The molecule has 166 valence electrons. The molecular formula is C26H34N2O3. The second kappa shape index (κ2) is 8.10. The van der Waals surface area contributed by atoms with E-state index in [0.717, 1.165) is 38.6 Å². The number of esters is 1. The van der Waals surface area contributed by atoms with Gasteiger partial charge >= 0.3 is 5.97 Å². The highest BCUT2D eigenvalue weighted by atomic mass is 16.5. The Morgan fingerprint density at radius 3 is 2.58 bits per heavy atom. The molecule has 0 radical (unpaired) electrons. The lowest BCUT2D eigenvalue weighted by molar-refractivity contribution is -0.155. The van der Waals surface area contributed by atoms with Gasteiger partial charge in [-0.25, -0.2) is 0 Å². The second-order valence-electron chi connectivity index (χ2n) is 9.81. The number of fused-ring (bicyclic) bond motifs is 2. The van der Waals surface area contributed by atoms with Gasteiger partial charge in [-0.3, -0.25) is 9.69 Å². The molecule has 1 aromatic heterocycles. The topological polar surface area (TPSA) is 43.7 Å². The Hall–Kier alpha value is -2.11. The van der Waals surface area contributed by atoms with Crippen molar-refractivity contribution in [3.8, 4) is 0 Å². The van der Waals surface area contributed by atoms with Gasteiger partial charge < -0.3 is 14.0 Å². The van der Waals surface area contributed by atoms with Gasteiger partial charge in [0.25, 0.3) is 0 Å². The van der Waals surface area contributed by atoms with E-state index < -0.39 is 0 Å². The zero-order valence-corrected chi connectivity index (χ0v) is 19.1. The Labute approximate surface area is 185 Å². The highest BCUT2D eigenvalue weighted by Gasteiger charge is 2.37. The van der Waals surface area contributed by atoms with Crippen molar-refractivity contribution in [2.75, 3.05) is 20.7 Å². The number of likely N-dealkylation sites (N-methyl/N-ethyl adjacent to an activating group) is 1. The number of hydrogen-bond acceptors (Lipinski definition) is 4. The van der Waals surface area contributed by atoms with E-state index in [2.05, 4.69) is 60.8 Å². The SMILES string of the molecule is CO[C@H]1CC[C@H](OC(=O)[C@@H]2C=C3c4cccc5c4c(cn5C(C)C)C[C@H]3N(C)C2)CC1. The summed E-state index contributed by atoms with van der Waals surface area (Å²) >= 11 is 0. The van der Waals surface area contributed by atoms with Gasteiger partial charge in [-0.05, 0) is 75.8 Å². The number of rotatable bonds is 4. The van der Waals surface area contributed by atoms with E-state index >= 15 is 0 Å². The number of benzene rings is 1.